The molecule has 0 bridgehead atoms. The number of ether oxygens (including phenoxy) is 3. The molecule has 1 unspecified atom stereocenters. The molecule has 0 aromatic rings. The summed E-state index contributed by atoms with van der Waals surface area (Å²) in [6.45, 7) is 6.60. The van der Waals surface area contributed by atoms with Gasteiger partial charge in [-0.3, -0.25) is 14.4 Å². The standard InChI is InChI=1S/C74H134O6/c1-4-7-10-13-16-19-22-25-28-31-34-35-36-37-38-39-41-43-46-49-52-55-58-61-64-67-73(76)79-70-71(69-78-72(75)66-63-60-57-54-51-48-45-42-33-30-27-24-21-18-15-12-9-6-3)80-74(77)68-65-62-59-56-53-50-47-44-40-32-29-26-23-20-17-14-11-8-5-2/h7,10,16,19,25,28,34-35,37-38,71H,4-6,8-9,11-15,17-18,20-24,26-27,29-33,36,39-70H2,1-3H3/b10-7-,19-16-,28-25-,35-34-,38-37-. The zero-order valence-corrected chi connectivity index (χ0v) is 53.6. The smallest absolute Gasteiger partial charge is 0.306 e. The van der Waals surface area contributed by atoms with Gasteiger partial charge in [-0.2, -0.15) is 0 Å². The maximum atomic E-state index is 13.0. The predicted octanol–water partition coefficient (Wildman–Crippen LogP) is 24.3. The summed E-state index contributed by atoms with van der Waals surface area (Å²) < 4.78 is 17.0. The van der Waals surface area contributed by atoms with E-state index >= 15 is 0 Å². The Balaban J connectivity index is 4.32. The van der Waals surface area contributed by atoms with Crippen molar-refractivity contribution in [1.82, 2.24) is 0 Å². The number of unbranched alkanes of at least 4 members (excludes halogenated alkanes) is 44. The number of rotatable bonds is 65. The lowest BCUT2D eigenvalue weighted by molar-refractivity contribution is -0.167. The van der Waals surface area contributed by atoms with Gasteiger partial charge < -0.3 is 14.2 Å². The van der Waals surface area contributed by atoms with Crippen LogP contribution in [0.25, 0.3) is 0 Å². The first-order valence-electron chi connectivity index (χ1n) is 35.3. The Morgan fingerprint density at radius 2 is 0.487 bits per heavy atom. The molecule has 6 heteroatoms. The summed E-state index contributed by atoms with van der Waals surface area (Å²) in [7, 11) is 0. The van der Waals surface area contributed by atoms with Gasteiger partial charge in [0.15, 0.2) is 6.10 Å². The third kappa shape index (κ3) is 65.9. The van der Waals surface area contributed by atoms with Gasteiger partial charge in [-0.1, -0.05) is 351 Å². The molecule has 0 aromatic heterocycles. The van der Waals surface area contributed by atoms with Gasteiger partial charge in [0.1, 0.15) is 13.2 Å². The van der Waals surface area contributed by atoms with Crippen molar-refractivity contribution in [3.8, 4) is 0 Å². The molecule has 0 aromatic carbocycles. The Hall–Kier alpha value is -2.89. The lowest BCUT2D eigenvalue weighted by Crippen LogP contribution is -2.30. The first-order valence-corrected chi connectivity index (χ1v) is 35.3. The maximum absolute atomic E-state index is 13.0. The normalized spacial score (nSPS) is 12.4. The van der Waals surface area contributed by atoms with E-state index in [1.807, 2.05) is 0 Å². The molecule has 0 radical (unpaired) electrons. The fraction of sp³-hybridized carbons (Fsp3) is 0.824. The average molecular weight is 1120 g/mol. The van der Waals surface area contributed by atoms with Crippen molar-refractivity contribution in [2.24, 2.45) is 0 Å². The average Bonchev–Trinajstić information content (AvgIpc) is 3.46. The summed E-state index contributed by atoms with van der Waals surface area (Å²) >= 11 is 0. The van der Waals surface area contributed by atoms with E-state index in [0.717, 1.165) is 96.3 Å². The number of hydrogen-bond acceptors (Lipinski definition) is 6. The highest BCUT2D eigenvalue weighted by atomic mass is 16.6. The molecule has 0 saturated carbocycles. The number of carbonyl (C=O) groups excluding carboxylic acids is 3. The van der Waals surface area contributed by atoms with Crippen molar-refractivity contribution >= 4 is 17.9 Å². The fourth-order valence-corrected chi connectivity index (χ4v) is 10.5. The van der Waals surface area contributed by atoms with Crippen LogP contribution in [0.15, 0.2) is 60.8 Å². The van der Waals surface area contributed by atoms with Crippen molar-refractivity contribution < 1.29 is 28.6 Å². The summed E-state index contributed by atoms with van der Waals surface area (Å²) in [6, 6.07) is 0. The molecular weight excluding hydrogens is 985 g/mol. The number of hydrogen-bond donors (Lipinski definition) is 0. The SMILES string of the molecule is CC/C=C\C/C=C\C/C=C\C/C=C\C/C=C\CCCCCCCCCCCC(=O)OCC(COC(=O)CCCCCCCCCCCCCCCCCCCC)OC(=O)CCCCCCCCCCCCCCCCCCCCC. The van der Waals surface area contributed by atoms with Crippen LogP contribution in [0.4, 0.5) is 0 Å². The van der Waals surface area contributed by atoms with Crippen LogP contribution in [0.2, 0.25) is 0 Å². The molecule has 0 amide bonds. The summed E-state index contributed by atoms with van der Waals surface area (Å²) in [6.07, 6.45) is 88.1. The van der Waals surface area contributed by atoms with Crippen LogP contribution in [0, 0.1) is 0 Å². The summed E-state index contributed by atoms with van der Waals surface area (Å²) in [5, 5.41) is 0. The van der Waals surface area contributed by atoms with Crippen molar-refractivity contribution in [3.63, 3.8) is 0 Å². The number of carbonyl (C=O) groups is 3. The molecule has 0 saturated heterocycles. The Morgan fingerprint density at radius 3 is 0.762 bits per heavy atom. The van der Waals surface area contributed by atoms with Gasteiger partial charge in [-0.15, -0.1) is 0 Å². The second kappa shape index (κ2) is 68.6. The van der Waals surface area contributed by atoms with Crippen LogP contribution < -0.4 is 0 Å². The first kappa shape index (κ1) is 77.1. The zero-order valence-electron chi connectivity index (χ0n) is 53.6. The molecule has 80 heavy (non-hydrogen) atoms. The molecule has 0 aliphatic heterocycles. The molecular formula is C74H134O6. The minimum Gasteiger partial charge on any atom is -0.462 e. The third-order valence-corrected chi connectivity index (χ3v) is 15.8. The summed E-state index contributed by atoms with van der Waals surface area (Å²) in [5.41, 5.74) is 0. The van der Waals surface area contributed by atoms with E-state index in [-0.39, 0.29) is 31.1 Å². The van der Waals surface area contributed by atoms with Crippen LogP contribution >= 0.6 is 0 Å². The Bertz CT molecular complexity index is 1430. The van der Waals surface area contributed by atoms with Crippen LogP contribution in [-0.4, -0.2) is 37.2 Å². The molecule has 0 aliphatic carbocycles. The Labute approximate surface area is 498 Å². The monoisotopic (exact) mass is 1120 g/mol. The zero-order chi connectivity index (χ0) is 57.8. The van der Waals surface area contributed by atoms with Crippen molar-refractivity contribution in [2.75, 3.05) is 13.2 Å². The lowest BCUT2D eigenvalue weighted by Gasteiger charge is -2.18. The highest BCUT2D eigenvalue weighted by Crippen LogP contribution is 2.18. The summed E-state index contributed by atoms with van der Waals surface area (Å²) in [5.74, 6) is -0.848. The van der Waals surface area contributed by atoms with Crippen molar-refractivity contribution in [1.29, 1.82) is 0 Å². The van der Waals surface area contributed by atoms with Gasteiger partial charge in [0.25, 0.3) is 0 Å². The summed E-state index contributed by atoms with van der Waals surface area (Å²) in [4.78, 5) is 38.5. The Kier molecular flexibility index (Phi) is 66.1. The number of allylic oxidation sites excluding steroid dienone is 10. The molecule has 0 fully saturated rings. The largest absolute Gasteiger partial charge is 0.462 e. The van der Waals surface area contributed by atoms with E-state index in [9.17, 15) is 14.4 Å². The van der Waals surface area contributed by atoms with E-state index in [0.29, 0.717) is 19.3 Å². The van der Waals surface area contributed by atoms with E-state index in [1.54, 1.807) is 0 Å². The molecule has 0 rings (SSSR count). The number of esters is 3. The highest BCUT2D eigenvalue weighted by molar-refractivity contribution is 5.71. The second-order valence-electron chi connectivity index (χ2n) is 23.8. The van der Waals surface area contributed by atoms with E-state index in [4.69, 9.17) is 14.2 Å². The molecule has 1 atom stereocenters. The quantitative estimate of drug-likeness (QED) is 0.0261. The fourth-order valence-electron chi connectivity index (χ4n) is 10.5. The van der Waals surface area contributed by atoms with Crippen LogP contribution in [0.1, 0.15) is 374 Å². The van der Waals surface area contributed by atoms with Crippen LogP contribution in [0.5, 0.6) is 0 Å². The maximum Gasteiger partial charge on any atom is 0.306 e. The van der Waals surface area contributed by atoms with Crippen molar-refractivity contribution in [3.05, 3.63) is 60.8 Å². The van der Waals surface area contributed by atoms with Crippen molar-refractivity contribution in [2.45, 2.75) is 380 Å². The molecule has 0 spiro atoms. The van der Waals surface area contributed by atoms with Crippen LogP contribution in [-0.2, 0) is 28.6 Å². The van der Waals surface area contributed by atoms with Gasteiger partial charge in [0, 0.05) is 19.3 Å². The van der Waals surface area contributed by atoms with E-state index < -0.39 is 6.10 Å². The molecule has 6 nitrogen and oxygen atoms in total. The first-order chi connectivity index (χ1) is 39.5. The molecule has 0 N–H and O–H groups in total. The minimum atomic E-state index is -0.775. The van der Waals surface area contributed by atoms with Gasteiger partial charge in [0.2, 0.25) is 0 Å². The van der Waals surface area contributed by atoms with Gasteiger partial charge in [-0.25, -0.2) is 0 Å². The Morgan fingerprint density at radius 1 is 0.263 bits per heavy atom. The lowest BCUT2D eigenvalue weighted by atomic mass is 10.0. The minimum absolute atomic E-state index is 0.0700. The molecule has 0 heterocycles. The third-order valence-electron chi connectivity index (χ3n) is 15.8. The predicted molar refractivity (Wildman–Crippen MR) is 348 cm³/mol. The van der Waals surface area contributed by atoms with Crippen LogP contribution in [0.3, 0.4) is 0 Å². The van der Waals surface area contributed by atoms with Gasteiger partial charge >= 0.3 is 17.9 Å². The molecule has 466 valence electrons. The highest BCUT2D eigenvalue weighted by Gasteiger charge is 2.19. The van der Waals surface area contributed by atoms with Gasteiger partial charge in [-0.05, 0) is 64.2 Å². The van der Waals surface area contributed by atoms with E-state index in [2.05, 4.69) is 81.5 Å². The van der Waals surface area contributed by atoms with E-state index in [1.165, 1.54) is 238 Å². The molecule has 0 aliphatic rings. The van der Waals surface area contributed by atoms with Gasteiger partial charge in [0.05, 0.1) is 0 Å². The topological polar surface area (TPSA) is 78.9 Å². The second-order valence-corrected chi connectivity index (χ2v) is 23.8.